The lowest BCUT2D eigenvalue weighted by molar-refractivity contribution is 0.484. The van der Waals surface area contributed by atoms with Crippen molar-refractivity contribution in [1.29, 1.82) is 0 Å². The first-order valence-corrected chi connectivity index (χ1v) is 17.4. The van der Waals surface area contributed by atoms with Gasteiger partial charge in [-0.2, -0.15) is 0 Å². The quantitative estimate of drug-likeness (QED) is 0.226. The third-order valence-electron chi connectivity index (χ3n) is 10.8. The van der Waals surface area contributed by atoms with E-state index >= 15 is 0 Å². The van der Waals surface area contributed by atoms with Gasteiger partial charge in [0.25, 0.3) is 0 Å². The van der Waals surface area contributed by atoms with Gasteiger partial charge in [0.05, 0.1) is 5.75 Å². The van der Waals surface area contributed by atoms with Crippen molar-refractivity contribution in [2.45, 2.75) is 0 Å². The van der Waals surface area contributed by atoms with E-state index in [2.05, 4.69) is 42.5 Å². The fraction of sp³-hybridized carbons (Fsp3) is 0. The van der Waals surface area contributed by atoms with Gasteiger partial charge in [0.15, 0.2) is 0 Å². The second-order valence-corrected chi connectivity index (χ2v) is 13.7. The average Bonchev–Trinajstić information content (AvgIpc) is 3.59. The van der Waals surface area contributed by atoms with Gasteiger partial charge in [0, 0.05) is 10.8 Å². The van der Waals surface area contributed by atoms with Crippen molar-refractivity contribution in [3.63, 3.8) is 0 Å². The smallest absolute Gasteiger partial charge is 0.136 e. The predicted molar refractivity (Wildman–Crippen MR) is 241 cm³/mol. The van der Waals surface area contributed by atoms with Crippen LogP contribution in [0.4, 0.5) is 0 Å². The molecule has 55 heavy (non-hydrogen) atoms. The Hall–Kier alpha value is -5.54. The molecular formula is C44H19B9O2. The first-order valence-electron chi connectivity index (χ1n) is 17.4. The van der Waals surface area contributed by atoms with Crippen LogP contribution in [0.15, 0.2) is 114 Å². The van der Waals surface area contributed by atoms with Crippen LogP contribution in [0.25, 0.3) is 88.0 Å². The Morgan fingerprint density at radius 3 is 1.33 bits per heavy atom. The Morgan fingerprint density at radius 2 is 0.782 bits per heavy atom. The van der Waals surface area contributed by atoms with E-state index in [0.717, 1.165) is 60.1 Å². The third kappa shape index (κ3) is 5.23. The molecule has 0 fully saturated rings. The van der Waals surface area contributed by atoms with Crippen molar-refractivity contribution in [2.75, 3.05) is 0 Å². The lowest BCUT2D eigenvalue weighted by atomic mass is 9.59. The van der Waals surface area contributed by atoms with Crippen molar-refractivity contribution in [3.05, 3.63) is 109 Å². The van der Waals surface area contributed by atoms with Crippen LogP contribution >= 0.6 is 0 Å². The van der Waals surface area contributed by atoms with E-state index in [-0.39, 0.29) is 54.9 Å². The molecule has 0 bridgehead atoms. The summed E-state index contributed by atoms with van der Waals surface area (Å²) in [6, 6.07) is 36.6. The second kappa shape index (κ2) is 13.1. The molecule has 0 spiro atoms. The van der Waals surface area contributed by atoms with Crippen LogP contribution in [-0.2, 0) is 0 Å². The Labute approximate surface area is 330 Å². The molecule has 0 amide bonds. The summed E-state index contributed by atoms with van der Waals surface area (Å²) >= 11 is 0. The Balaban J connectivity index is 1.29. The van der Waals surface area contributed by atoms with E-state index < -0.39 is 0 Å². The number of benzene rings is 8. The highest BCUT2D eigenvalue weighted by molar-refractivity contribution is 6.68. The van der Waals surface area contributed by atoms with Gasteiger partial charge in [-0.15, -0.1) is 16.4 Å². The van der Waals surface area contributed by atoms with Gasteiger partial charge in [0.1, 0.15) is 81.8 Å². The lowest BCUT2D eigenvalue weighted by Crippen LogP contribution is -2.55. The molecule has 0 unspecified atom stereocenters. The molecule has 9 aromatic rings. The number of rotatable bonds is 4. The maximum absolute atomic E-state index is 10.4. The zero-order valence-corrected chi connectivity index (χ0v) is 29.4. The summed E-state index contributed by atoms with van der Waals surface area (Å²) in [6.45, 7) is 0. The van der Waals surface area contributed by atoms with Crippen LogP contribution < -0.4 is 49.2 Å². The fourth-order valence-corrected chi connectivity index (χ4v) is 8.01. The van der Waals surface area contributed by atoms with Crippen molar-refractivity contribution in [3.8, 4) is 50.3 Å². The number of aromatic hydroxyl groups is 1. The van der Waals surface area contributed by atoms with Crippen LogP contribution in [0.3, 0.4) is 0 Å². The summed E-state index contributed by atoms with van der Waals surface area (Å²) in [7, 11) is 56.4. The Morgan fingerprint density at radius 1 is 0.345 bits per heavy atom. The molecule has 11 heteroatoms. The number of furan rings is 1. The number of hydrogen-bond acceptors (Lipinski definition) is 2. The largest absolute Gasteiger partial charge is 0.509 e. The summed E-state index contributed by atoms with van der Waals surface area (Å²) in [5.41, 5.74) is 9.33. The molecule has 18 radical (unpaired) electrons. The molecule has 9 rings (SSSR count). The van der Waals surface area contributed by atoms with Gasteiger partial charge in [-0.05, 0) is 84.3 Å². The summed E-state index contributed by atoms with van der Waals surface area (Å²) in [5, 5.41) is 16.4. The summed E-state index contributed by atoms with van der Waals surface area (Å²) < 4.78 is 6.44. The Bertz CT molecular complexity index is 2980. The van der Waals surface area contributed by atoms with Crippen LogP contribution in [-0.4, -0.2) is 75.7 Å². The van der Waals surface area contributed by atoms with Crippen LogP contribution in [0.2, 0.25) is 0 Å². The van der Waals surface area contributed by atoms with Crippen LogP contribution in [0.5, 0.6) is 5.75 Å². The molecule has 0 aliphatic heterocycles. The van der Waals surface area contributed by atoms with Crippen molar-refractivity contribution in [2.24, 2.45) is 0 Å². The van der Waals surface area contributed by atoms with Crippen molar-refractivity contribution in [1.82, 2.24) is 0 Å². The highest BCUT2D eigenvalue weighted by Gasteiger charge is 2.22. The van der Waals surface area contributed by atoms with E-state index in [1.165, 1.54) is 0 Å². The molecule has 0 saturated heterocycles. The highest BCUT2D eigenvalue weighted by Crippen LogP contribution is 2.47. The fourth-order valence-electron chi connectivity index (χ4n) is 8.01. The number of phenolic OH excluding ortho intramolecular Hbond substituents is 1. The molecule has 1 N–H and O–H groups in total. The van der Waals surface area contributed by atoms with E-state index in [9.17, 15) is 5.11 Å². The summed E-state index contributed by atoms with van der Waals surface area (Å²) in [6.07, 6.45) is 0. The topological polar surface area (TPSA) is 33.4 Å². The monoisotopic (exact) mass is 678 g/mol. The molecule has 0 aliphatic carbocycles. The summed E-state index contributed by atoms with van der Waals surface area (Å²) in [4.78, 5) is 0. The van der Waals surface area contributed by atoms with Gasteiger partial charge in [-0.3, -0.25) is 0 Å². The molecule has 0 saturated carbocycles. The molecule has 8 aromatic carbocycles. The van der Waals surface area contributed by atoms with Gasteiger partial charge in [0.2, 0.25) is 0 Å². The van der Waals surface area contributed by atoms with Gasteiger partial charge in [-0.1, -0.05) is 124 Å². The average molecular weight is 677 g/mol. The number of fused-ring (bicyclic) bond motifs is 5. The molecule has 0 atom stereocenters. The molecule has 1 heterocycles. The number of hydrogen-bond donors (Lipinski definition) is 1. The minimum atomic E-state index is -0.333. The Kier molecular flexibility index (Phi) is 8.35. The van der Waals surface area contributed by atoms with Crippen molar-refractivity contribution < 1.29 is 9.52 Å². The van der Waals surface area contributed by atoms with Crippen LogP contribution in [0, 0.1) is 0 Å². The minimum Gasteiger partial charge on any atom is -0.509 e. The SMILES string of the molecule is [B]c1c([B])c([B])c(-c2ccc(-c3c4ccccc4c(-c4cccc5oc6ccc(-c7c([B])c([B])c(O)c([B])c7[B])cc6c45)c4ccccc34)cc2)c([B])c1[B]. The van der Waals surface area contributed by atoms with Gasteiger partial charge in [-0.25, -0.2) is 0 Å². The third-order valence-corrected chi connectivity index (χ3v) is 10.8. The normalized spacial score (nSPS) is 11.6. The molecule has 234 valence electrons. The maximum Gasteiger partial charge on any atom is 0.136 e. The zero-order chi connectivity index (χ0) is 38.4. The van der Waals surface area contributed by atoms with Gasteiger partial charge < -0.3 is 9.52 Å². The van der Waals surface area contributed by atoms with E-state index in [4.69, 9.17) is 75.0 Å². The second-order valence-electron chi connectivity index (χ2n) is 13.7. The summed E-state index contributed by atoms with van der Waals surface area (Å²) in [5.74, 6) is -0.333. The standard InChI is InChI=1S/C44H19B9O2/c45-35-31(36(46)40(50)41(51)39(35)49)20-14-12-19(13-15-20)30-22-6-1-3-8-24(22)33(25-9-4-2-7-23(25)30)26-10-5-11-29-34(26)27-18-21(16-17-28(27)55-29)32-37(47)42(52)44(54)43(53)38(32)48/h1-18,54H. The predicted octanol–water partition coefficient (Wildman–Crippen LogP) is 1.41. The highest BCUT2D eigenvalue weighted by atomic mass is 16.3. The molecule has 2 nitrogen and oxygen atoms in total. The van der Waals surface area contributed by atoms with Gasteiger partial charge >= 0.3 is 0 Å². The maximum atomic E-state index is 10.4. The zero-order valence-electron chi connectivity index (χ0n) is 29.4. The van der Waals surface area contributed by atoms with Crippen molar-refractivity contribution >= 4 is 163 Å². The van der Waals surface area contributed by atoms with E-state index in [1.54, 1.807) is 0 Å². The number of phenols is 1. The molecule has 1 aromatic heterocycles. The minimum absolute atomic E-state index is 0.0277. The van der Waals surface area contributed by atoms with E-state index in [1.807, 2.05) is 66.7 Å². The lowest BCUT2D eigenvalue weighted by Gasteiger charge is -2.22. The molecular weight excluding hydrogens is 658 g/mol. The first kappa shape index (κ1) is 35.2. The van der Waals surface area contributed by atoms with E-state index in [0.29, 0.717) is 27.9 Å². The van der Waals surface area contributed by atoms with Crippen LogP contribution in [0.1, 0.15) is 0 Å². The first-order chi connectivity index (χ1) is 26.5. The molecule has 0 aliphatic rings.